The van der Waals surface area contributed by atoms with Crippen molar-refractivity contribution in [2.45, 2.75) is 38.5 Å². The van der Waals surface area contributed by atoms with Gasteiger partial charge in [0.1, 0.15) is 0 Å². The Morgan fingerprint density at radius 3 is 2.83 bits per heavy atom. The van der Waals surface area contributed by atoms with Gasteiger partial charge in [-0.2, -0.15) is 0 Å². The first kappa shape index (κ1) is 17.7. The highest BCUT2D eigenvalue weighted by molar-refractivity contribution is 5.80. The van der Waals surface area contributed by atoms with Crippen molar-refractivity contribution in [3.8, 4) is 0 Å². The molecule has 1 atom stereocenters. The van der Waals surface area contributed by atoms with E-state index in [0.29, 0.717) is 0 Å². The van der Waals surface area contributed by atoms with Crippen molar-refractivity contribution in [3.05, 3.63) is 11.6 Å². The number of ether oxygens (including phenoxy) is 1. The van der Waals surface area contributed by atoms with Crippen LogP contribution in [0.4, 0.5) is 0 Å². The molecule has 0 spiro atoms. The van der Waals surface area contributed by atoms with E-state index < -0.39 is 0 Å². The van der Waals surface area contributed by atoms with Crippen molar-refractivity contribution in [2.24, 2.45) is 10.9 Å². The second-order valence-electron chi connectivity index (χ2n) is 7.35. The van der Waals surface area contributed by atoms with Gasteiger partial charge in [0.25, 0.3) is 0 Å². The summed E-state index contributed by atoms with van der Waals surface area (Å²) in [6.07, 6.45) is 10.2. The van der Waals surface area contributed by atoms with Crippen molar-refractivity contribution < 1.29 is 4.74 Å². The van der Waals surface area contributed by atoms with E-state index in [9.17, 15) is 0 Å². The predicted octanol–water partition coefficient (Wildman–Crippen LogP) is 2.11. The maximum Gasteiger partial charge on any atom is 0.193 e. The molecule has 24 heavy (non-hydrogen) atoms. The second kappa shape index (κ2) is 9.42. The molecule has 0 aromatic heterocycles. The van der Waals surface area contributed by atoms with Gasteiger partial charge in [-0.1, -0.05) is 11.6 Å². The van der Waals surface area contributed by atoms with Gasteiger partial charge in [0.2, 0.25) is 0 Å². The Kier molecular flexibility index (Phi) is 6.97. The van der Waals surface area contributed by atoms with Gasteiger partial charge in [0.15, 0.2) is 5.96 Å². The summed E-state index contributed by atoms with van der Waals surface area (Å²) >= 11 is 0. The molecule has 1 unspecified atom stereocenters. The summed E-state index contributed by atoms with van der Waals surface area (Å²) in [4.78, 5) is 9.50. The van der Waals surface area contributed by atoms with Gasteiger partial charge >= 0.3 is 0 Å². The summed E-state index contributed by atoms with van der Waals surface area (Å²) in [6, 6.07) is 0. The lowest BCUT2D eigenvalue weighted by Crippen LogP contribution is -2.53. The lowest BCUT2D eigenvalue weighted by atomic mass is 9.97. The minimum atomic E-state index is 0.748. The molecule has 2 fully saturated rings. The molecule has 2 heterocycles. The molecule has 2 aliphatic heterocycles. The molecular formula is C19H34N4O. The Labute approximate surface area is 147 Å². The molecule has 0 radical (unpaired) electrons. The summed E-state index contributed by atoms with van der Waals surface area (Å²) in [5.74, 6) is 1.83. The van der Waals surface area contributed by atoms with Crippen LogP contribution >= 0.6 is 0 Å². The standard InChI is InChI=1S/C19H34N4O/c1-20-19(21-9-7-17-5-3-2-4-6-17)23-12-10-22(11-13-23)15-18-8-14-24-16-18/h5,18H,2-4,6-16H2,1H3,(H,20,21). The highest BCUT2D eigenvalue weighted by Gasteiger charge is 2.23. The van der Waals surface area contributed by atoms with E-state index in [0.717, 1.165) is 57.8 Å². The minimum Gasteiger partial charge on any atom is -0.381 e. The number of aliphatic imine (C=N–C) groups is 1. The first-order valence-corrected chi connectivity index (χ1v) is 9.79. The van der Waals surface area contributed by atoms with Crippen LogP contribution < -0.4 is 5.32 Å². The van der Waals surface area contributed by atoms with Crippen LogP contribution in [0.2, 0.25) is 0 Å². The zero-order valence-corrected chi connectivity index (χ0v) is 15.3. The van der Waals surface area contributed by atoms with E-state index in [4.69, 9.17) is 4.74 Å². The predicted molar refractivity (Wildman–Crippen MR) is 99.5 cm³/mol. The van der Waals surface area contributed by atoms with E-state index >= 15 is 0 Å². The van der Waals surface area contributed by atoms with Crippen LogP contribution in [-0.4, -0.2) is 75.3 Å². The Bertz CT molecular complexity index is 435. The van der Waals surface area contributed by atoms with Crippen LogP contribution in [0.25, 0.3) is 0 Å². The monoisotopic (exact) mass is 334 g/mol. The normalized spacial score (nSPS) is 26.5. The van der Waals surface area contributed by atoms with Crippen LogP contribution in [0, 0.1) is 5.92 Å². The fraction of sp³-hybridized carbons (Fsp3) is 0.842. The van der Waals surface area contributed by atoms with E-state index in [-0.39, 0.29) is 0 Å². The van der Waals surface area contributed by atoms with Gasteiger partial charge in [-0.05, 0) is 44.4 Å². The minimum absolute atomic E-state index is 0.748. The number of piperazine rings is 1. The van der Waals surface area contributed by atoms with Crippen LogP contribution in [0.3, 0.4) is 0 Å². The first-order chi connectivity index (χ1) is 11.8. The quantitative estimate of drug-likeness (QED) is 0.475. The second-order valence-corrected chi connectivity index (χ2v) is 7.35. The van der Waals surface area contributed by atoms with Crippen LogP contribution in [-0.2, 0) is 4.74 Å². The number of rotatable bonds is 5. The number of hydrogen-bond donors (Lipinski definition) is 1. The smallest absolute Gasteiger partial charge is 0.193 e. The van der Waals surface area contributed by atoms with Crippen molar-refractivity contribution in [3.63, 3.8) is 0 Å². The van der Waals surface area contributed by atoms with Gasteiger partial charge in [0, 0.05) is 52.9 Å². The highest BCUT2D eigenvalue weighted by Crippen LogP contribution is 2.19. The van der Waals surface area contributed by atoms with Gasteiger partial charge in [-0.15, -0.1) is 0 Å². The van der Waals surface area contributed by atoms with Gasteiger partial charge < -0.3 is 15.0 Å². The molecule has 0 amide bonds. The molecule has 1 aliphatic carbocycles. The number of guanidine groups is 1. The fourth-order valence-corrected chi connectivity index (χ4v) is 4.03. The number of hydrogen-bond acceptors (Lipinski definition) is 3. The molecular weight excluding hydrogens is 300 g/mol. The molecule has 2 saturated heterocycles. The van der Waals surface area contributed by atoms with E-state index in [2.05, 4.69) is 26.2 Å². The van der Waals surface area contributed by atoms with Crippen LogP contribution in [0.15, 0.2) is 16.6 Å². The van der Waals surface area contributed by atoms with Crippen molar-refractivity contribution >= 4 is 5.96 Å². The van der Waals surface area contributed by atoms with Gasteiger partial charge in [-0.25, -0.2) is 0 Å². The molecule has 0 aromatic carbocycles. The van der Waals surface area contributed by atoms with Crippen molar-refractivity contribution in [1.82, 2.24) is 15.1 Å². The lowest BCUT2D eigenvalue weighted by Gasteiger charge is -2.37. The molecule has 0 bridgehead atoms. The Morgan fingerprint density at radius 2 is 2.17 bits per heavy atom. The fourth-order valence-electron chi connectivity index (χ4n) is 4.03. The molecule has 136 valence electrons. The first-order valence-electron chi connectivity index (χ1n) is 9.79. The largest absolute Gasteiger partial charge is 0.381 e. The zero-order chi connectivity index (χ0) is 16.6. The summed E-state index contributed by atoms with van der Waals surface area (Å²) in [6.45, 7) is 8.57. The highest BCUT2D eigenvalue weighted by atomic mass is 16.5. The number of allylic oxidation sites excluding steroid dienone is 1. The lowest BCUT2D eigenvalue weighted by molar-refractivity contribution is 0.139. The third kappa shape index (κ3) is 5.21. The molecule has 0 saturated carbocycles. The Hall–Kier alpha value is -1.07. The molecule has 5 nitrogen and oxygen atoms in total. The van der Waals surface area contributed by atoms with Crippen LogP contribution in [0.5, 0.6) is 0 Å². The maximum absolute atomic E-state index is 5.50. The van der Waals surface area contributed by atoms with Gasteiger partial charge in [-0.3, -0.25) is 9.89 Å². The summed E-state index contributed by atoms with van der Waals surface area (Å²) < 4.78 is 5.50. The average Bonchev–Trinajstić information content (AvgIpc) is 3.14. The SMILES string of the molecule is CN=C(NCCC1=CCCCC1)N1CCN(CC2CCOC2)CC1. The van der Waals surface area contributed by atoms with Crippen molar-refractivity contribution in [1.29, 1.82) is 0 Å². The zero-order valence-electron chi connectivity index (χ0n) is 15.3. The topological polar surface area (TPSA) is 40.1 Å². The Balaban J connectivity index is 1.36. The third-order valence-corrected chi connectivity index (χ3v) is 5.54. The molecule has 5 heteroatoms. The van der Waals surface area contributed by atoms with Crippen molar-refractivity contribution in [2.75, 3.05) is 59.5 Å². The van der Waals surface area contributed by atoms with Crippen LogP contribution in [0.1, 0.15) is 38.5 Å². The van der Waals surface area contributed by atoms with E-state index in [1.54, 1.807) is 5.57 Å². The number of nitrogens with one attached hydrogen (secondary N) is 1. The molecule has 3 aliphatic rings. The molecule has 3 rings (SSSR count). The molecule has 0 aromatic rings. The summed E-state index contributed by atoms with van der Waals surface area (Å²) in [5, 5.41) is 3.57. The average molecular weight is 335 g/mol. The Morgan fingerprint density at radius 1 is 1.29 bits per heavy atom. The molecule has 1 N–H and O–H groups in total. The summed E-state index contributed by atoms with van der Waals surface area (Å²) in [7, 11) is 1.91. The van der Waals surface area contributed by atoms with E-state index in [1.165, 1.54) is 45.1 Å². The maximum atomic E-state index is 5.50. The van der Waals surface area contributed by atoms with E-state index in [1.807, 2.05) is 7.05 Å². The summed E-state index contributed by atoms with van der Waals surface area (Å²) in [5.41, 5.74) is 1.63. The van der Waals surface area contributed by atoms with Gasteiger partial charge in [0.05, 0.1) is 6.61 Å². The number of nitrogens with zero attached hydrogens (tertiary/aromatic N) is 3. The third-order valence-electron chi connectivity index (χ3n) is 5.54.